The van der Waals surface area contributed by atoms with Crippen molar-refractivity contribution < 1.29 is 128 Å². The number of carbonyl (C=O) groups excluding carboxylic acids is 3. The van der Waals surface area contributed by atoms with Crippen LogP contribution in [0.25, 0.3) is 0 Å². The fraction of sp³-hybridized carbons (Fsp3) is 0.347. The number of nitrogen functional groups attached to an aromatic ring is 1. The Balaban J connectivity index is -0.000000267. The Kier molecular flexibility index (Phi) is 72.1. The molecule has 43 nitrogen and oxygen atoms in total. The number of nitrogens with two attached hydrogens (primary N) is 1. The summed E-state index contributed by atoms with van der Waals surface area (Å²) in [5.74, 6) is -5.15. The number of alkyl halides is 5. The summed E-state index contributed by atoms with van der Waals surface area (Å²) in [5, 5.41) is 129. The molecule has 136 heavy (non-hydrogen) atoms. The molecule has 61 heteroatoms. The maximum atomic E-state index is 13.1. The number of amides is 3. The van der Waals surface area contributed by atoms with Crippen LogP contribution in [0.5, 0.6) is 0 Å². The zero-order valence-corrected chi connectivity index (χ0v) is 92.1. The summed E-state index contributed by atoms with van der Waals surface area (Å²) in [4.78, 5) is 145. The van der Waals surface area contributed by atoms with Crippen molar-refractivity contribution in [3.8, 4) is 6.07 Å². The van der Waals surface area contributed by atoms with E-state index in [9.17, 15) is 138 Å². The SMILES string of the molecule is CC.CC#N.CC(C)(C)ON=O.CC1(C)C(=O)N(Br)C(=O)N1Br.CC=C(C)C.CCO.C[N+]1(O)CCOCC1.Cc1c(F)cc(Br)cc1[N+](=O)[O-].Cc1c(N)cc(Br)cc1[N+](=O)[O-].Cc1c([N+](=O)[O-])cc(Br)cc1[N+](=O)[O-].Cc1c([N+](=O)[O-])cccc1[N+](=O)[O-].ClC(Cl)(Cl)Cl.O=C(O)c1c(F)cc(Br)cc1[N+](=O)[O-].O=Cc1c(F)cc(Br)cc1[N+](=O)[O-].O=[N+]([O-])c1cc(Br)cc(F)c1CBr.[Fe]. The molecule has 9 rings (SSSR count). The molecule has 0 aliphatic carbocycles. The number of morpholine rings is 1. The van der Waals surface area contributed by atoms with Crippen LogP contribution in [0.3, 0.4) is 0 Å². The number of ether oxygens (including phenoxy) is 1. The first kappa shape index (κ1) is 140. The summed E-state index contributed by atoms with van der Waals surface area (Å²) in [6, 6.07) is 19.5. The molecule has 5 N–H and O–H groups in total. The first-order chi connectivity index (χ1) is 61.8. The van der Waals surface area contributed by atoms with Gasteiger partial charge in [-0.25, -0.2) is 36.3 Å². The van der Waals surface area contributed by atoms with E-state index < -0.39 is 116 Å². The molecule has 0 atom stereocenters. The summed E-state index contributed by atoms with van der Waals surface area (Å²) in [7, 11) is 1.79. The number of nitrogens with zero attached hydrogens (tertiary/aromatic N) is 14. The van der Waals surface area contributed by atoms with Gasteiger partial charge in [-0.3, -0.25) is 101 Å². The average Bonchev–Trinajstić information content (AvgIpc) is 1.63. The van der Waals surface area contributed by atoms with Gasteiger partial charge in [0.15, 0.2) is 17.2 Å². The number of likely N-dealkylation sites (N-methyl/N-ethyl adjacent to an activating group) is 1. The number of allylic oxidation sites excluding steroid dienone is 2. The van der Waals surface area contributed by atoms with Crippen LogP contribution in [-0.4, -0.2) is 151 Å². The number of hydrogen-bond donors (Lipinski definition) is 4. The smallest absolute Gasteiger partial charge is 0.348 e. The van der Waals surface area contributed by atoms with Crippen molar-refractivity contribution in [3.05, 3.63) is 288 Å². The third-order valence-electron chi connectivity index (χ3n) is 14.6. The minimum Gasteiger partial charge on any atom is -0.477 e. The molecule has 2 aliphatic heterocycles. The van der Waals surface area contributed by atoms with Gasteiger partial charge in [0, 0.05) is 129 Å². The number of carboxylic acids is 1. The van der Waals surface area contributed by atoms with E-state index in [4.69, 9.17) is 72.3 Å². The molecule has 2 saturated heterocycles. The van der Waals surface area contributed by atoms with Gasteiger partial charge in [-0.1, -0.05) is 183 Å². The van der Waals surface area contributed by atoms with Gasteiger partial charge in [-0.15, -0.1) is 4.91 Å². The minimum absolute atomic E-state index is 0. The van der Waals surface area contributed by atoms with Crippen molar-refractivity contribution in [1.82, 2.24) is 7.85 Å². The number of carbonyl (C=O) groups is 4. The molecule has 0 bridgehead atoms. The second kappa shape index (κ2) is 69.9. The van der Waals surface area contributed by atoms with Gasteiger partial charge in [-0.2, -0.15) is 13.8 Å². The molecule has 754 valence electrons. The van der Waals surface area contributed by atoms with Crippen LogP contribution < -0.4 is 5.73 Å². The molecular weight excluding hydrogens is 2550 g/mol. The number of nitro benzene ring substituents is 9. The zero-order valence-electron chi connectivity index (χ0n) is 73.7. The number of urea groups is 1. The minimum atomic E-state index is -1.67. The van der Waals surface area contributed by atoms with Crippen molar-refractivity contribution in [1.29, 1.82) is 5.26 Å². The van der Waals surface area contributed by atoms with Gasteiger partial charge < -0.3 is 25.5 Å². The predicted octanol–water partition coefficient (Wildman–Crippen LogP) is 26.4. The Labute approximate surface area is 879 Å². The van der Waals surface area contributed by atoms with Crippen LogP contribution in [0, 0.1) is 158 Å². The Morgan fingerprint density at radius 1 is 0.603 bits per heavy atom. The van der Waals surface area contributed by atoms with Crippen molar-refractivity contribution >= 4 is 271 Å². The number of quaternary nitrogens is 1. The van der Waals surface area contributed by atoms with E-state index in [2.05, 4.69) is 174 Å². The van der Waals surface area contributed by atoms with E-state index in [0.29, 0.717) is 42.4 Å². The van der Waals surface area contributed by atoms with Gasteiger partial charge >= 0.3 is 12.0 Å². The van der Waals surface area contributed by atoms with Gasteiger partial charge in [-0.05, 0) is 126 Å². The first-order valence-corrected chi connectivity index (χ1v) is 45.0. The van der Waals surface area contributed by atoms with Crippen LogP contribution in [0.15, 0.2) is 135 Å². The Bertz CT molecular complexity index is 5230. The summed E-state index contributed by atoms with van der Waals surface area (Å²) >= 11 is 45.9. The molecule has 0 radical (unpaired) electrons. The van der Waals surface area contributed by atoms with Gasteiger partial charge in [0.25, 0.3) is 60.3 Å². The number of nitriles is 1. The van der Waals surface area contributed by atoms with E-state index in [1.54, 1.807) is 67.6 Å². The molecule has 0 saturated carbocycles. The van der Waals surface area contributed by atoms with Crippen molar-refractivity contribution in [2.45, 2.75) is 131 Å². The molecule has 7 aromatic carbocycles. The second-order valence-electron chi connectivity index (χ2n) is 26.2. The third-order valence-corrected chi connectivity index (χ3v) is 19.7. The molecule has 3 amide bonds. The standard InChI is InChI=1S/C7H4Br2FNO2.C7H3BrFNO4.C7H3BrFNO3.C7H5BrFNO2.C7H5BrN2O4.C7H7BrN2O2.C7H6N2O4.C5H6Br2N2O2.C5H12NO2.C5H10.C4H9NO2.C2H3N.C2H6O.C2H6.CCl4.Fe/c8-3-5-6(10)1-4(9)2-7(5)11(12)13;8-3-1-4(9)6(7(11)12)5(2-3)10(13)14;8-4-1-6(9)5(3-11)7(2-4)10(12)13;1-4-6(9)2-5(8)3-7(4)10(11)12;1-4-6(9(11)12)2-5(8)3-7(4)10(13)14;1-4-6(9)2-5(8)3-7(4)10(11)12;1-5-6(8(10)11)3-2-4-7(5)9(12)13;1-5(2)3(10)8(6)4(11)9(5)7;1-6(7)2-4-8-5-3-6;1-4-5(2)3;1-4(2,3)7-5-6;2*1-2-3;1-2;2-1(3,4)5;/h1-2H,3H2;1-2H,(H,11,12);1-3H;2-3H,1H3;2-3H,1H3;2-3H,9H2,1H3;2-4H,1H3;1-2H3;7H,2-5H2,1H3;4H,1-3H3;1-3H3;1H3;3H,2H2,1H3;1-2H3;;/q;;;;;;;;+1;;;;;;;. The van der Waals surface area contributed by atoms with Crippen LogP contribution in [0.2, 0.25) is 0 Å². The Morgan fingerprint density at radius 3 is 1.15 bits per heavy atom. The summed E-state index contributed by atoms with van der Waals surface area (Å²) in [6.45, 7) is 30.7. The number of anilines is 1. The third kappa shape index (κ3) is 56.3. The largest absolute Gasteiger partial charge is 0.477 e. The molecule has 7 aromatic rings. The number of imide groups is 1. The van der Waals surface area contributed by atoms with Crippen LogP contribution >= 0.6 is 190 Å². The van der Waals surface area contributed by atoms with Crippen LogP contribution in [0.4, 0.5) is 79.2 Å². The number of aliphatic hydroxyl groups is 1. The quantitative estimate of drug-likeness (QED) is 0.00677. The van der Waals surface area contributed by atoms with Crippen molar-refractivity contribution in [2.24, 2.45) is 5.34 Å². The maximum absolute atomic E-state index is 13.1. The van der Waals surface area contributed by atoms with Crippen LogP contribution in [0.1, 0.15) is 132 Å². The summed E-state index contributed by atoms with van der Waals surface area (Å²) < 4.78 is 59.6. The molecule has 0 spiro atoms. The number of nitro groups is 9. The normalized spacial score (nSPS) is 11.6. The Morgan fingerprint density at radius 2 is 0.890 bits per heavy atom. The number of aldehydes is 1. The molecule has 0 aromatic heterocycles. The van der Waals surface area contributed by atoms with E-state index in [-0.39, 0.29) is 117 Å². The number of carboxylic acid groups (broad SMARTS) is 1. The number of hydrogen-bond acceptors (Lipinski definition) is 30. The average molecular weight is 2640 g/mol. The molecule has 2 aliphatic rings. The number of benzene rings is 7. The number of hydroxylamine groups is 3. The van der Waals surface area contributed by atoms with Crippen molar-refractivity contribution in [2.75, 3.05) is 45.7 Å². The Hall–Kier alpha value is -8.79. The van der Waals surface area contributed by atoms with E-state index in [0.717, 1.165) is 41.3 Å². The van der Waals surface area contributed by atoms with E-state index >= 15 is 0 Å². The van der Waals surface area contributed by atoms with E-state index in [1.165, 1.54) is 97.9 Å². The van der Waals surface area contributed by atoms with Crippen LogP contribution in [-0.2, 0) is 36.8 Å². The van der Waals surface area contributed by atoms with Gasteiger partial charge in [0.1, 0.15) is 64.2 Å². The fourth-order valence-electron chi connectivity index (χ4n) is 7.95. The van der Waals surface area contributed by atoms with Gasteiger partial charge in [0.2, 0.25) is 0 Å². The second-order valence-corrected chi connectivity index (χ2v) is 37.1. The van der Waals surface area contributed by atoms with Crippen molar-refractivity contribution in [3.63, 3.8) is 0 Å². The van der Waals surface area contributed by atoms with Gasteiger partial charge in [0.05, 0.1) is 114 Å². The van der Waals surface area contributed by atoms with E-state index in [1.807, 2.05) is 20.8 Å². The molecule has 0 unspecified atom stereocenters. The maximum Gasteiger partial charge on any atom is 0.348 e. The predicted molar refractivity (Wildman–Crippen MR) is 527 cm³/mol. The zero-order chi connectivity index (χ0) is 107. The number of aromatic carboxylic acids is 1. The fourth-order valence-corrected chi connectivity index (χ4v) is 12.2. The summed E-state index contributed by atoms with van der Waals surface area (Å²) in [5.41, 5.74) is 2.73. The first-order valence-electron chi connectivity index (χ1n) is 36.2. The topological polar surface area (TPSA) is 621 Å². The number of aliphatic hydroxyl groups excluding tert-OH is 1. The monoisotopic (exact) mass is 2630 g/mol. The summed E-state index contributed by atoms with van der Waals surface area (Å²) in [6.07, 6.45) is 2.21. The molecule has 2 heterocycles. The molecular formula is C75H85Br9Cl4F4FeN15O28+. The number of halogens is 17. The molecule has 2 fully saturated rings. The number of rotatable bonds is 13.